The molecule has 108 valence electrons. The number of nitrogens with zero attached hydrogens (tertiary/aromatic N) is 1. The second kappa shape index (κ2) is 4.62. The molecule has 0 aromatic rings. The topological polar surface area (TPSA) is 66.8 Å². The first kappa shape index (κ1) is 14.6. The van der Waals surface area contributed by atoms with Gasteiger partial charge in [-0.2, -0.15) is 8.78 Å². The summed E-state index contributed by atoms with van der Waals surface area (Å²) in [7, 11) is 1.01. The quantitative estimate of drug-likeness (QED) is 0.786. The number of carbonyl (C=O) groups is 2. The van der Waals surface area contributed by atoms with E-state index in [4.69, 9.17) is 0 Å². The normalized spacial score (nSPS) is 27.3. The number of fused-ring (bicyclic) bond motifs is 1. The van der Waals surface area contributed by atoms with Crippen LogP contribution < -0.4 is 0 Å². The highest BCUT2D eigenvalue weighted by molar-refractivity contribution is 8.05. The molecule has 5 nitrogen and oxygen atoms in total. The van der Waals surface area contributed by atoms with Crippen LogP contribution in [0, 0.1) is 0 Å². The molecule has 1 atom stereocenters. The Hall–Kier alpha value is -1.83. The summed E-state index contributed by atoms with van der Waals surface area (Å²) in [6.07, 6.45) is 5.25. The summed E-state index contributed by atoms with van der Waals surface area (Å²) in [6, 6.07) is 0. The molecule has 2 aliphatic rings. The Morgan fingerprint density at radius 2 is 2.05 bits per heavy atom. The van der Waals surface area contributed by atoms with Gasteiger partial charge in [0, 0.05) is 6.20 Å². The van der Waals surface area contributed by atoms with Gasteiger partial charge in [0.1, 0.15) is 16.1 Å². The van der Waals surface area contributed by atoms with Crippen LogP contribution >= 0.6 is 11.8 Å². The predicted octanol–water partition coefficient (Wildman–Crippen LogP) is 1.94. The number of carboxylic acids is 1. The van der Waals surface area contributed by atoms with Crippen LogP contribution in [-0.2, 0) is 14.3 Å². The minimum atomic E-state index is -3.39. The molecule has 0 saturated heterocycles. The number of thioether (sulfide) groups is 1. The molecule has 0 saturated carbocycles. The molecule has 20 heavy (non-hydrogen) atoms. The van der Waals surface area contributed by atoms with Gasteiger partial charge >= 0.3 is 17.2 Å². The lowest BCUT2D eigenvalue weighted by Crippen LogP contribution is -2.57. The second-order valence-electron chi connectivity index (χ2n) is 4.31. The number of halogens is 2. The van der Waals surface area contributed by atoms with E-state index >= 15 is 0 Å². The Morgan fingerprint density at radius 3 is 2.60 bits per heavy atom. The van der Waals surface area contributed by atoms with Crippen molar-refractivity contribution in [3.8, 4) is 0 Å². The van der Waals surface area contributed by atoms with Gasteiger partial charge in [-0.25, -0.2) is 9.59 Å². The molecule has 1 unspecified atom stereocenters. The van der Waals surface area contributed by atoms with Crippen molar-refractivity contribution in [2.45, 2.75) is 17.7 Å². The number of ether oxygens (including phenoxy) is 1. The standard InChI is InChI=1S/C12H11F2NO4S/c1-11-5-3-4-6-15(11)7(9(16)17)8(10(18)19-2)20-12(11,13)14/h3-6H,1-2H3,(H,16,17). The SMILES string of the molecule is COC(=O)C1=C(C(=O)O)N2C=CC=CC2(C)C(F)(F)S1. The average molecular weight is 303 g/mol. The van der Waals surface area contributed by atoms with Crippen LogP contribution in [-0.4, -0.2) is 39.8 Å². The van der Waals surface area contributed by atoms with Crippen LogP contribution in [0.5, 0.6) is 0 Å². The number of rotatable bonds is 2. The molecular weight excluding hydrogens is 292 g/mol. The fraction of sp³-hybridized carbons (Fsp3) is 0.333. The molecule has 0 aliphatic carbocycles. The highest BCUT2D eigenvalue weighted by Crippen LogP contribution is 2.54. The molecule has 2 rings (SSSR count). The summed E-state index contributed by atoms with van der Waals surface area (Å²) in [6.45, 7) is 1.21. The van der Waals surface area contributed by atoms with Gasteiger partial charge in [0.2, 0.25) is 0 Å². The minimum Gasteiger partial charge on any atom is -0.477 e. The Balaban J connectivity index is 2.69. The fourth-order valence-corrected chi connectivity index (χ4v) is 3.06. The van der Waals surface area contributed by atoms with Crippen molar-refractivity contribution in [3.63, 3.8) is 0 Å². The number of hydrogen-bond donors (Lipinski definition) is 1. The van der Waals surface area contributed by atoms with Gasteiger partial charge in [-0.05, 0) is 24.8 Å². The zero-order valence-electron chi connectivity index (χ0n) is 10.6. The smallest absolute Gasteiger partial charge is 0.354 e. The zero-order valence-corrected chi connectivity index (χ0v) is 11.4. The Bertz CT molecular complexity index is 570. The number of carboxylic acid groups (broad SMARTS) is 1. The van der Waals surface area contributed by atoms with E-state index in [0.29, 0.717) is 0 Å². The van der Waals surface area contributed by atoms with Gasteiger partial charge in [-0.1, -0.05) is 12.2 Å². The molecule has 0 radical (unpaired) electrons. The molecular formula is C12H11F2NO4S. The molecule has 0 aromatic heterocycles. The lowest BCUT2D eigenvalue weighted by atomic mass is 9.96. The third-order valence-electron chi connectivity index (χ3n) is 3.12. The Kier molecular flexibility index (Phi) is 3.37. The first-order valence-corrected chi connectivity index (χ1v) is 6.34. The summed E-state index contributed by atoms with van der Waals surface area (Å²) in [4.78, 5) is 23.2. The van der Waals surface area contributed by atoms with Gasteiger partial charge in [0.05, 0.1) is 7.11 Å². The van der Waals surface area contributed by atoms with Crippen molar-refractivity contribution < 1.29 is 28.2 Å². The van der Waals surface area contributed by atoms with E-state index in [0.717, 1.165) is 12.0 Å². The van der Waals surface area contributed by atoms with E-state index in [-0.39, 0.29) is 11.8 Å². The maximum atomic E-state index is 14.3. The molecule has 1 N–H and O–H groups in total. The Morgan fingerprint density at radius 1 is 1.40 bits per heavy atom. The highest BCUT2D eigenvalue weighted by atomic mass is 32.2. The average Bonchev–Trinajstić information content (AvgIpc) is 2.37. The predicted molar refractivity (Wildman–Crippen MR) is 67.7 cm³/mol. The van der Waals surface area contributed by atoms with E-state index < -0.39 is 33.3 Å². The largest absolute Gasteiger partial charge is 0.477 e. The maximum absolute atomic E-state index is 14.3. The summed E-state index contributed by atoms with van der Waals surface area (Å²) in [5.74, 6) is -2.57. The fourth-order valence-electron chi connectivity index (χ4n) is 1.98. The summed E-state index contributed by atoms with van der Waals surface area (Å²) in [5.41, 5.74) is -2.38. The minimum absolute atomic E-state index is 0.0936. The monoisotopic (exact) mass is 303 g/mol. The maximum Gasteiger partial charge on any atom is 0.354 e. The van der Waals surface area contributed by atoms with Gasteiger partial charge in [-0.15, -0.1) is 0 Å². The van der Waals surface area contributed by atoms with Crippen molar-refractivity contribution in [1.29, 1.82) is 0 Å². The van der Waals surface area contributed by atoms with Gasteiger partial charge in [-0.3, -0.25) is 0 Å². The second-order valence-corrected chi connectivity index (χ2v) is 5.44. The number of aliphatic carboxylic acids is 1. The lowest BCUT2D eigenvalue weighted by Gasteiger charge is -2.47. The van der Waals surface area contributed by atoms with E-state index in [1.165, 1.54) is 31.4 Å². The van der Waals surface area contributed by atoms with Crippen LogP contribution in [0.15, 0.2) is 35.0 Å². The van der Waals surface area contributed by atoms with Crippen molar-refractivity contribution >= 4 is 23.7 Å². The number of alkyl halides is 2. The van der Waals surface area contributed by atoms with E-state index in [1.807, 2.05) is 0 Å². The molecule has 0 spiro atoms. The molecule has 8 heteroatoms. The van der Waals surface area contributed by atoms with Gasteiger partial charge in [0.25, 0.3) is 0 Å². The highest BCUT2D eigenvalue weighted by Gasteiger charge is 2.60. The van der Waals surface area contributed by atoms with Crippen molar-refractivity contribution in [2.75, 3.05) is 7.11 Å². The summed E-state index contributed by atoms with van der Waals surface area (Å²) in [5, 5.41) is 5.86. The lowest BCUT2D eigenvalue weighted by molar-refractivity contribution is -0.139. The molecule has 0 amide bonds. The molecule has 2 heterocycles. The Labute approximate surface area is 117 Å². The summed E-state index contributed by atoms with van der Waals surface area (Å²) >= 11 is -0.0936. The van der Waals surface area contributed by atoms with E-state index in [1.54, 1.807) is 0 Å². The molecule has 0 fully saturated rings. The zero-order chi connectivity index (χ0) is 15.1. The first-order valence-electron chi connectivity index (χ1n) is 5.52. The molecule has 2 aliphatic heterocycles. The van der Waals surface area contributed by atoms with Crippen LogP contribution in [0.4, 0.5) is 8.78 Å². The van der Waals surface area contributed by atoms with Crippen molar-refractivity contribution in [1.82, 2.24) is 4.90 Å². The number of esters is 1. The van der Waals surface area contributed by atoms with Crippen LogP contribution in [0.3, 0.4) is 0 Å². The number of carbonyl (C=O) groups excluding carboxylic acids is 1. The number of allylic oxidation sites excluding steroid dienone is 2. The van der Waals surface area contributed by atoms with Gasteiger partial charge < -0.3 is 14.7 Å². The van der Waals surface area contributed by atoms with E-state index in [9.17, 15) is 23.5 Å². The third kappa shape index (κ3) is 1.91. The summed E-state index contributed by atoms with van der Waals surface area (Å²) < 4.78 is 33.0. The molecule has 0 aromatic carbocycles. The van der Waals surface area contributed by atoms with Crippen LogP contribution in [0.1, 0.15) is 6.92 Å². The molecule has 0 bridgehead atoms. The third-order valence-corrected chi connectivity index (χ3v) is 4.35. The van der Waals surface area contributed by atoms with Crippen molar-refractivity contribution in [3.05, 3.63) is 35.0 Å². The number of hydrogen-bond acceptors (Lipinski definition) is 5. The van der Waals surface area contributed by atoms with Crippen molar-refractivity contribution in [2.24, 2.45) is 0 Å². The van der Waals surface area contributed by atoms with Gasteiger partial charge in [0.15, 0.2) is 0 Å². The van der Waals surface area contributed by atoms with Crippen LogP contribution in [0.2, 0.25) is 0 Å². The number of methoxy groups -OCH3 is 1. The van der Waals surface area contributed by atoms with E-state index in [2.05, 4.69) is 4.74 Å². The van der Waals surface area contributed by atoms with Crippen LogP contribution in [0.25, 0.3) is 0 Å². The first-order chi connectivity index (χ1) is 9.24.